The number of hydrogen-bond donors (Lipinski definition) is 0. The summed E-state index contributed by atoms with van der Waals surface area (Å²) in [7, 11) is 0. The molecule has 24 heavy (non-hydrogen) atoms. The van der Waals surface area contributed by atoms with Gasteiger partial charge in [0, 0.05) is 14.8 Å². The molecule has 0 spiro atoms. The molecule has 124 valence electrons. The number of fused-ring (bicyclic) bond motifs is 3. The third kappa shape index (κ3) is 3.30. The van der Waals surface area contributed by atoms with Gasteiger partial charge in [0.05, 0.1) is 11.1 Å². The Labute approximate surface area is 159 Å². The fraction of sp³-hybridized carbons (Fsp3) is 0.333. The number of aromatic nitrogens is 2. The summed E-state index contributed by atoms with van der Waals surface area (Å²) in [5, 5.41) is 2.45. The minimum atomic E-state index is 0.610. The van der Waals surface area contributed by atoms with E-state index in [0.717, 1.165) is 44.7 Å². The Balaban J connectivity index is 1.62. The van der Waals surface area contributed by atoms with Gasteiger partial charge in [-0.05, 0) is 55.0 Å². The summed E-state index contributed by atoms with van der Waals surface area (Å²) in [4.78, 5) is 13.0. The summed E-state index contributed by atoms with van der Waals surface area (Å²) in [6.07, 6.45) is 3.46. The maximum atomic E-state index is 6.51. The lowest BCUT2D eigenvalue weighted by Gasteiger charge is -2.17. The molecule has 0 radical (unpaired) electrons. The first kappa shape index (κ1) is 16.6. The zero-order valence-electron chi connectivity index (χ0n) is 13.2. The van der Waals surface area contributed by atoms with Crippen molar-refractivity contribution >= 4 is 56.5 Å². The number of thioether (sulfide) groups is 1. The van der Waals surface area contributed by atoms with Crippen LogP contribution < -0.4 is 0 Å². The molecule has 1 atom stereocenters. The van der Waals surface area contributed by atoms with Crippen LogP contribution in [-0.2, 0) is 18.6 Å². The Kier molecular flexibility index (Phi) is 4.74. The van der Waals surface area contributed by atoms with Gasteiger partial charge in [-0.15, -0.1) is 23.1 Å². The maximum absolute atomic E-state index is 6.51. The number of aryl methyl sites for hydroxylation is 1. The van der Waals surface area contributed by atoms with Gasteiger partial charge in [0.2, 0.25) is 0 Å². The predicted molar refractivity (Wildman–Crippen MR) is 105 cm³/mol. The molecule has 0 bridgehead atoms. The van der Waals surface area contributed by atoms with E-state index in [1.165, 1.54) is 16.9 Å². The Morgan fingerprint density at radius 3 is 2.79 bits per heavy atom. The van der Waals surface area contributed by atoms with Crippen molar-refractivity contribution in [1.82, 2.24) is 9.97 Å². The van der Waals surface area contributed by atoms with Crippen molar-refractivity contribution in [3.05, 3.63) is 50.7 Å². The Bertz CT molecular complexity index is 890. The minimum Gasteiger partial charge on any atom is -0.221 e. The van der Waals surface area contributed by atoms with Crippen molar-refractivity contribution < 1.29 is 0 Å². The van der Waals surface area contributed by atoms with Crippen LogP contribution in [0.25, 0.3) is 10.2 Å². The van der Waals surface area contributed by atoms with Gasteiger partial charge < -0.3 is 0 Å². The highest BCUT2D eigenvalue weighted by Crippen LogP contribution is 2.40. The second kappa shape index (κ2) is 6.83. The molecule has 2 heterocycles. The quantitative estimate of drug-likeness (QED) is 0.378. The second-order valence-electron chi connectivity index (χ2n) is 6.21. The van der Waals surface area contributed by atoms with E-state index in [1.807, 2.05) is 24.3 Å². The van der Waals surface area contributed by atoms with E-state index in [4.69, 9.17) is 28.2 Å². The highest BCUT2D eigenvalue weighted by Gasteiger charge is 2.23. The van der Waals surface area contributed by atoms with E-state index in [0.29, 0.717) is 10.9 Å². The summed E-state index contributed by atoms with van der Waals surface area (Å²) in [5.41, 5.74) is 1.38. The fourth-order valence-electron chi connectivity index (χ4n) is 3.08. The lowest BCUT2D eigenvalue weighted by Crippen LogP contribution is -2.08. The van der Waals surface area contributed by atoms with Gasteiger partial charge in [0.1, 0.15) is 15.8 Å². The molecule has 1 aromatic carbocycles. The summed E-state index contributed by atoms with van der Waals surface area (Å²) in [5.74, 6) is 2.24. The normalized spacial score (nSPS) is 17.2. The largest absolute Gasteiger partial charge is 0.221 e. The minimum absolute atomic E-state index is 0.610. The van der Waals surface area contributed by atoms with Crippen molar-refractivity contribution in [3.63, 3.8) is 0 Å². The molecule has 1 aliphatic rings. The van der Waals surface area contributed by atoms with Crippen LogP contribution in [0.2, 0.25) is 10.2 Å². The van der Waals surface area contributed by atoms with E-state index in [1.54, 1.807) is 23.1 Å². The van der Waals surface area contributed by atoms with Gasteiger partial charge in [-0.3, -0.25) is 0 Å². The van der Waals surface area contributed by atoms with Crippen LogP contribution in [-0.4, -0.2) is 9.97 Å². The van der Waals surface area contributed by atoms with E-state index < -0.39 is 0 Å². The summed E-state index contributed by atoms with van der Waals surface area (Å²) in [6.45, 7) is 2.31. The number of halogens is 2. The highest BCUT2D eigenvalue weighted by atomic mass is 35.5. The highest BCUT2D eigenvalue weighted by molar-refractivity contribution is 7.98. The molecular weight excluding hydrogens is 379 g/mol. The molecule has 0 saturated heterocycles. The number of hydrogen-bond acceptors (Lipinski definition) is 4. The summed E-state index contributed by atoms with van der Waals surface area (Å²) >= 11 is 15.9. The second-order valence-corrected chi connectivity index (χ2v) is 9.13. The average Bonchev–Trinajstić information content (AvgIpc) is 2.92. The van der Waals surface area contributed by atoms with Gasteiger partial charge in [0.25, 0.3) is 0 Å². The Morgan fingerprint density at radius 2 is 2.00 bits per heavy atom. The van der Waals surface area contributed by atoms with Crippen molar-refractivity contribution in [1.29, 1.82) is 0 Å². The zero-order valence-corrected chi connectivity index (χ0v) is 16.3. The van der Waals surface area contributed by atoms with Gasteiger partial charge >= 0.3 is 0 Å². The number of nitrogens with zero attached hydrogens (tertiary/aromatic N) is 2. The van der Waals surface area contributed by atoms with Crippen LogP contribution in [0.5, 0.6) is 0 Å². The molecular formula is C18H16Cl2N2S2. The van der Waals surface area contributed by atoms with E-state index in [-0.39, 0.29) is 0 Å². The molecule has 4 rings (SSSR count). The van der Waals surface area contributed by atoms with Crippen molar-refractivity contribution in [2.24, 2.45) is 5.92 Å². The molecule has 1 unspecified atom stereocenters. The molecule has 0 amide bonds. The first-order valence-corrected chi connectivity index (χ1v) is 10.5. The van der Waals surface area contributed by atoms with Crippen molar-refractivity contribution in [2.75, 3.05) is 0 Å². The lowest BCUT2D eigenvalue weighted by atomic mass is 9.89. The van der Waals surface area contributed by atoms with Crippen LogP contribution in [0.4, 0.5) is 0 Å². The summed E-state index contributed by atoms with van der Waals surface area (Å²) in [6, 6.07) is 7.82. The first-order valence-electron chi connectivity index (χ1n) is 7.95. The van der Waals surface area contributed by atoms with Gasteiger partial charge in [-0.25, -0.2) is 9.97 Å². The predicted octanol–water partition coefficient (Wildman–Crippen LogP) is 6.42. The van der Waals surface area contributed by atoms with Gasteiger partial charge in [-0.2, -0.15) is 0 Å². The molecule has 6 heteroatoms. The lowest BCUT2D eigenvalue weighted by molar-refractivity contribution is 0.509. The van der Waals surface area contributed by atoms with Gasteiger partial charge in [0.15, 0.2) is 0 Å². The molecule has 1 aliphatic carbocycles. The van der Waals surface area contributed by atoms with Crippen molar-refractivity contribution in [2.45, 2.75) is 36.8 Å². The van der Waals surface area contributed by atoms with Crippen LogP contribution in [0.1, 0.15) is 29.6 Å². The van der Waals surface area contributed by atoms with Crippen LogP contribution in [0.15, 0.2) is 29.2 Å². The molecule has 2 aromatic heterocycles. The Morgan fingerprint density at radius 1 is 1.21 bits per heavy atom. The summed E-state index contributed by atoms with van der Waals surface area (Å²) < 4.78 is 0. The van der Waals surface area contributed by atoms with Crippen LogP contribution in [0.3, 0.4) is 0 Å². The number of rotatable bonds is 3. The Hall–Kier alpha value is -0.810. The molecule has 2 nitrogen and oxygen atoms in total. The molecule has 0 saturated carbocycles. The molecule has 0 aliphatic heterocycles. The fourth-order valence-corrected chi connectivity index (χ4v) is 5.72. The zero-order chi connectivity index (χ0) is 16.7. The number of thiophene rings is 1. The first-order chi connectivity index (χ1) is 11.6. The SMILES string of the molecule is CC1CCc2c(sc3nc(CSc4ccc(Cl)cc4)nc(Cl)c23)C1. The number of benzene rings is 1. The monoisotopic (exact) mass is 394 g/mol. The van der Waals surface area contributed by atoms with Crippen LogP contribution in [0, 0.1) is 5.92 Å². The van der Waals surface area contributed by atoms with E-state index in [2.05, 4.69) is 11.9 Å². The van der Waals surface area contributed by atoms with E-state index in [9.17, 15) is 0 Å². The molecule has 0 N–H and O–H groups in total. The third-order valence-corrected chi connectivity index (χ3v) is 7.02. The average molecular weight is 395 g/mol. The standard InChI is InChI=1S/C18H16Cl2N2S2/c1-10-2-7-13-14(8-10)24-18-16(13)17(20)21-15(22-18)9-23-12-5-3-11(19)4-6-12/h3-6,10H,2,7-9H2,1H3. The van der Waals surface area contributed by atoms with Crippen LogP contribution >= 0.6 is 46.3 Å². The molecule has 0 fully saturated rings. The van der Waals surface area contributed by atoms with Crippen molar-refractivity contribution in [3.8, 4) is 0 Å². The van der Waals surface area contributed by atoms with E-state index >= 15 is 0 Å². The van der Waals surface area contributed by atoms with Gasteiger partial charge in [-0.1, -0.05) is 30.1 Å². The topological polar surface area (TPSA) is 25.8 Å². The molecule has 3 aromatic rings. The smallest absolute Gasteiger partial charge is 0.142 e. The maximum Gasteiger partial charge on any atom is 0.142 e. The third-order valence-electron chi connectivity index (χ3n) is 4.34.